The predicted molar refractivity (Wildman–Crippen MR) is 89.2 cm³/mol. The number of rotatable bonds is 3. The van der Waals surface area contributed by atoms with Crippen LogP contribution in [0.5, 0.6) is 5.75 Å². The Hall–Kier alpha value is -2.61. The minimum Gasteiger partial charge on any atom is -0.426 e. The third kappa shape index (κ3) is 2.86. The summed E-state index contributed by atoms with van der Waals surface area (Å²) in [5, 5.41) is 2.11. The second kappa shape index (κ2) is 6.02. The summed E-state index contributed by atoms with van der Waals surface area (Å²) in [5.41, 5.74) is 3.34. The minimum absolute atomic E-state index is 0.287. The Balaban J connectivity index is 2.16. The Bertz CT molecular complexity index is 820. The number of carbonyl (C=O) groups is 1. The molecule has 0 heterocycles. The molecule has 0 spiro atoms. The number of aryl methyl sites for hydroxylation is 1. The molecule has 0 N–H and O–H groups in total. The number of hydrogen-bond donors (Lipinski definition) is 0. The second-order valence-electron chi connectivity index (χ2n) is 5.48. The molecule has 0 fully saturated rings. The van der Waals surface area contributed by atoms with Gasteiger partial charge in [-0.1, -0.05) is 60.7 Å². The Morgan fingerprint density at radius 3 is 2.45 bits per heavy atom. The zero-order chi connectivity index (χ0) is 15.5. The largest absolute Gasteiger partial charge is 0.426 e. The van der Waals surface area contributed by atoms with Gasteiger partial charge in [0.25, 0.3) is 0 Å². The average Bonchev–Trinajstić information content (AvgIpc) is 2.50. The number of ether oxygens (including phenoxy) is 1. The van der Waals surface area contributed by atoms with Crippen molar-refractivity contribution in [2.45, 2.75) is 20.3 Å². The highest BCUT2D eigenvalue weighted by molar-refractivity contribution is 5.94. The first-order valence-corrected chi connectivity index (χ1v) is 7.38. The number of benzene rings is 3. The maximum absolute atomic E-state index is 11.6. The van der Waals surface area contributed by atoms with Crippen molar-refractivity contribution in [3.63, 3.8) is 0 Å². The lowest BCUT2D eigenvalue weighted by Gasteiger charge is -2.14. The summed E-state index contributed by atoms with van der Waals surface area (Å²) in [6.07, 6.45) is 0.744. The lowest BCUT2D eigenvalue weighted by Crippen LogP contribution is -2.05. The summed E-state index contributed by atoms with van der Waals surface area (Å²) in [4.78, 5) is 11.6. The highest BCUT2D eigenvalue weighted by Crippen LogP contribution is 2.34. The normalized spacial score (nSPS) is 10.6. The maximum atomic E-state index is 11.6. The van der Waals surface area contributed by atoms with Crippen molar-refractivity contribution in [3.8, 4) is 5.75 Å². The van der Waals surface area contributed by atoms with E-state index in [1.54, 1.807) is 0 Å². The van der Waals surface area contributed by atoms with Crippen molar-refractivity contribution in [2.75, 3.05) is 0 Å². The number of hydrogen-bond acceptors (Lipinski definition) is 2. The SMILES string of the molecule is CC(=O)Oc1c(Cc2ccccc2)ccc2cccc(C)c12. The van der Waals surface area contributed by atoms with Crippen molar-refractivity contribution in [1.82, 2.24) is 0 Å². The van der Waals surface area contributed by atoms with Crippen LogP contribution in [0.4, 0.5) is 0 Å². The van der Waals surface area contributed by atoms with Crippen LogP contribution in [0.3, 0.4) is 0 Å². The standard InChI is InChI=1S/C20H18O2/c1-14-7-6-10-17-11-12-18(13-16-8-4-3-5-9-16)20(19(14)17)22-15(2)21/h3-12H,13H2,1-2H3. The minimum atomic E-state index is -0.287. The molecule has 3 aromatic rings. The van der Waals surface area contributed by atoms with Gasteiger partial charge in [0.1, 0.15) is 5.75 Å². The Morgan fingerprint density at radius 1 is 0.955 bits per heavy atom. The summed E-state index contributed by atoms with van der Waals surface area (Å²) in [5.74, 6) is 0.400. The van der Waals surface area contributed by atoms with E-state index in [1.165, 1.54) is 12.5 Å². The van der Waals surface area contributed by atoms with E-state index in [9.17, 15) is 4.79 Å². The molecule has 0 aliphatic rings. The molecule has 3 aromatic carbocycles. The van der Waals surface area contributed by atoms with E-state index in [2.05, 4.69) is 18.2 Å². The van der Waals surface area contributed by atoms with Crippen LogP contribution in [-0.2, 0) is 11.2 Å². The van der Waals surface area contributed by atoms with E-state index in [1.807, 2.05) is 49.4 Å². The van der Waals surface area contributed by atoms with Gasteiger partial charge < -0.3 is 4.74 Å². The first kappa shape index (κ1) is 14.3. The molecular formula is C20H18O2. The molecular weight excluding hydrogens is 272 g/mol. The lowest BCUT2D eigenvalue weighted by atomic mass is 9.97. The molecule has 0 aliphatic heterocycles. The second-order valence-corrected chi connectivity index (χ2v) is 5.48. The van der Waals surface area contributed by atoms with Gasteiger partial charge in [-0.05, 0) is 29.0 Å². The van der Waals surface area contributed by atoms with E-state index >= 15 is 0 Å². The first-order chi connectivity index (χ1) is 10.6. The monoisotopic (exact) mass is 290 g/mol. The third-order valence-electron chi connectivity index (χ3n) is 3.77. The van der Waals surface area contributed by atoms with Crippen LogP contribution >= 0.6 is 0 Å². The van der Waals surface area contributed by atoms with Crippen molar-refractivity contribution in [2.24, 2.45) is 0 Å². The van der Waals surface area contributed by atoms with Crippen molar-refractivity contribution < 1.29 is 9.53 Å². The third-order valence-corrected chi connectivity index (χ3v) is 3.77. The van der Waals surface area contributed by atoms with E-state index in [4.69, 9.17) is 4.74 Å². The molecule has 110 valence electrons. The smallest absolute Gasteiger partial charge is 0.308 e. The maximum Gasteiger partial charge on any atom is 0.308 e. The predicted octanol–water partition coefficient (Wildman–Crippen LogP) is 4.66. The fourth-order valence-electron chi connectivity index (χ4n) is 2.78. The van der Waals surface area contributed by atoms with Crippen LogP contribution in [0, 0.1) is 6.92 Å². The summed E-state index contributed by atoms with van der Waals surface area (Å²) in [6.45, 7) is 3.49. The number of fused-ring (bicyclic) bond motifs is 1. The van der Waals surface area contributed by atoms with E-state index in [0.29, 0.717) is 5.75 Å². The molecule has 0 aliphatic carbocycles. The molecule has 2 heteroatoms. The topological polar surface area (TPSA) is 26.3 Å². The van der Waals surface area contributed by atoms with Gasteiger partial charge in [-0.2, -0.15) is 0 Å². The molecule has 0 amide bonds. The van der Waals surface area contributed by atoms with Gasteiger partial charge in [0.2, 0.25) is 0 Å². The molecule has 3 rings (SSSR count). The fraction of sp³-hybridized carbons (Fsp3) is 0.150. The first-order valence-electron chi connectivity index (χ1n) is 7.38. The Labute approximate surface area is 130 Å². The molecule has 0 saturated carbocycles. The van der Waals surface area contributed by atoms with E-state index < -0.39 is 0 Å². The Kier molecular flexibility index (Phi) is 3.92. The molecule has 0 unspecified atom stereocenters. The van der Waals surface area contributed by atoms with Crippen LogP contribution in [0.2, 0.25) is 0 Å². The zero-order valence-electron chi connectivity index (χ0n) is 12.8. The van der Waals surface area contributed by atoms with Crippen LogP contribution in [-0.4, -0.2) is 5.97 Å². The van der Waals surface area contributed by atoms with E-state index in [0.717, 1.165) is 28.3 Å². The quantitative estimate of drug-likeness (QED) is 0.518. The van der Waals surface area contributed by atoms with Crippen LogP contribution in [0.1, 0.15) is 23.6 Å². The molecule has 2 nitrogen and oxygen atoms in total. The van der Waals surface area contributed by atoms with Crippen molar-refractivity contribution >= 4 is 16.7 Å². The van der Waals surface area contributed by atoms with Gasteiger partial charge in [0.15, 0.2) is 0 Å². The zero-order valence-corrected chi connectivity index (χ0v) is 12.8. The molecule has 0 radical (unpaired) electrons. The number of esters is 1. The number of carbonyl (C=O) groups excluding carboxylic acids is 1. The highest BCUT2D eigenvalue weighted by atomic mass is 16.5. The summed E-state index contributed by atoms with van der Waals surface area (Å²) >= 11 is 0. The Morgan fingerprint density at radius 2 is 1.73 bits per heavy atom. The summed E-state index contributed by atoms with van der Waals surface area (Å²) in [6, 6.07) is 20.5. The average molecular weight is 290 g/mol. The van der Waals surface area contributed by atoms with E-state index in [-0.39, 0.29) is 5.97 Å². The van der Waals surface area contributed by atoms with Gasteiger partial charge in [0, 0.05) is 18.7 Å². The van der Waals surface area contributed by atoms with Crippen LogP contribution in [0.25, 0.3) is 10.8 Å². The van der Waals surface area contributed by atoms with Gasteiger partial charge in [-0.15, -0.1) is 0 Å². The van der Waals surface area contributed by atoms with Crippen molar-refractivity contribution in [3.05, 3.63) is 77.4 Å². The highest BCUT2D eigenvalue weighted by Gasteiger charge is 2.13. The van der Waals surface area contributed by atoms with Crippen LogP contribution in [0.15, 0.2) is 60.7 Å². The molecule has 0 aromatic heterocycles. The molecule has 0 bridgehead atoms. The molecule has 0 atom stereocenters. The lowest BCUT2D eigenvalue weighted by molar-refractivity contribution is -0.131. The summed E-state index contributed by atoms with van der Waals surface area (Å²) in [7, 11) is 0. The van der Waals surface area contributed by atoms with Crippen molar-refractivity contribution in [1.29, 1.82) is 0 Å². The molecule has 22 heavy (non-hydrogen) atoms. The fourth-order valence-corrected chi connectivity index (χ4v) is 2.78. The molecule has 0 saturated heterocycles. The van der Waals surface area contributed by atoms with Gasteiger partial charge in [-0.3, -0.25) is 4.79 Å². The van der Waals surface area contributed by atoms with Crippen LogP contribution < -0.4 is 4.74 Å². The summed E-state index contributed by atoms with van der Waals surface area (Å²) < 4.78 is 5.57. The van der Waals surface area contributed by atoms with Gasteiger partial charge in [0.05, 0.1) is 0 Å². The van der Waals surface area contributed by atoms with Gasteiger partial charge >= 0.3 is 5.97 Å². The van der Waals surface area contributed by atoms with Gasteiger partial charge in [-0.25, -0.2) is 0 Å².